The van der Waals surface area contributed by atoms with Crippen LogP contribution >= 0.6 is 23.2 Å². The van der Waals surface area contributed by atoms with Gasteiger partial charge in [0.2, 0.25) is 0 Å². The average Bonchev–Trinajstić information content (AvgIpc) is 3.12. The Morgan fingerprint density at radius 1 is 1.21 bits per heavy atom. The lowest BCUT2D eigenvalue weighted by Gasteiger charge is -2.27. The molecule has 0 amide bonds. The molecule has 29 heavy (non-hydrogen) atoms. The molecule has 0 spiro atoms. The maximum atomic E-state index is 12.8. The second-order valence-electron chi connectivity index (χ2n) is 8.23. The number of pyridine rings is 1. The van der Waals surface area contributed by atoms with Gasteiger partial charge in [0.25, 0.3) is 5.56 Å². The molecule has 2 heterocycles. The molecule has 1 fully saturated rings. The van der Waals surface area contributed by atoms with E-state index in [1.165, 1.54) is 12.8 Å². The van der Waals surface area contributed by atoms with Gasteiger partial charge in [-0.1, -0.05) is 49.2 Å². The minimum atomic E-state index is -0.175. The summed E-state index contributed by atoms with van der Waals surface area (Å²) in [6.07, 6.45) is 4.27. The van der Waals surface area contributed by atoms with E-state index in [1.54, 1.807) is 10.6 Å². The Morgan fingerprint density at radius 3 is 2.59 bits per heavy atom. The molecular formula is C22H30Cl2N4O. The number of aryl methyl sites for hydroxylation is 1. The van der Waals surface area contributed by atoms with Crippen LogP contribution in [0.5, 0.6) is 0 Å². The van der Waals surface area contributed by atoms with Gasteiger partial charge in [-0.3, -0.25) is 15.5 Å². The van der Waals surface area contributed by atoms with E-state index in [1.807, 2.05) is 24.3 Å². The summed E-state index contributed by atoms with van der Waals surface area (Å²) >= 11 is 12.7. The van der Waals surface area contributed by atoms with Crippen molar-refractivity contribution in [3.63, 3.8) is 0 Å². The number of hydrogen-bond acceptors (Lipinski definition) is 4. The second-order valence-corrected chi connectivity index (χ2v) is 9.05. The molecule has 1 aromatic carbocycles. The SMILES string of the molecule is CC(C)C[C@H]1CCCN1Cc1c(Cl)cc(Cl)c(=O)n1CCc1ccc(NN)cc1. The fraction of sp³-hybridized carbons (Fsp3) is 0.500. The monoisotopic (exact) mass is 436 g/mol. The molecule has 0 aliphatic carbocycles. The van der Waals surface area contributed by atoms with Crippen molar-refractivity contribution >= 4 is 28.9 Å². The van der Waals surface area contributed by atoms with Crippen LogP contribution in [-0.2, 0) is 19.5 Å². The summed E-state index contributed by atoms with van der Waals surface area (Å²) < 4.78 is 1.75. The van der Waals surface area contributed by atoms with Crippen molar-refractivity contribution in [1.29, 1.82) is 0 Å². The van der Waals surface area contributed by atoms with Gasteiger partial charge >= 0.3 is 0 Å². The molecule has 5 nitrogen and oxygen atoms in total. The van der Waals surface area contributed by atoms with Crippen LogP contribution in [0.2, 0.25) is 10.0 Å². The van der Waals surface area contributed by atoms with Gasteiger partial charge in [-0.25, -0.2) is 0 Å². The predicted molar refractivity (Wildman–Crippen MR) is 122 cm³/mol. The first kappa shape index (κ1) is 22.2. The van der Waals surface area contributed by atoms with E-state index < -0.39 is 0 Å². The van der Waals surface area contributed by atoms with Crippen molar-refractivity contribution in [1.82, 2.24) is 9.47 Å². The standard InChI is InChI=1S/C22H30Cl2N4O/c1-15(2)12-18-4-3-10-27(18)14-21-19(23)13-20(24)22(29)28(21)11-9-16-5-7-17(26-25)8-6-16/h5-8,13,15,18,26H,3-4,9-12,14,25H2,1-2H3/t18-/m1/s1. The zero-order chi connectivity index (χ0) is 21.0. The third kappa shape index (κ3) is 5.54. The summed E-state index contributed by atoms with van der Waals surface area (Å²) in [5.74, 6) is 6.08. The van der Waals surface area contributed by atoms with E-state index in [2.05, 4.69) is 24.2 Å². The lowest BCUT2D eigenvalue weighted by atomic mass is 10.0. The summed E-state index contributed by atoms with van der Waals surface area (Å²) in [6, 6.07) is 9.99. The molecule has 158 valence electrons. The highest BCUT2D eigenvalue weighted by atomic mass is 35.5. The lowest BCUT2D eigenvalue weighted by molar-refractivity contribution is 0.212. The highest BCUT2D eigenvalue weighted by Gasteiger charge is 2.27. The van der Waals surface area contributed by atoms with Crippen molar-refractivity contribution in [2.24, 2.45) is 11.8 Å². The molecule has 2 aromatic rings. The Morgan fingerprint density at radius 2 is 1.93 bits per heavy atom. The van der Waals surface area contributed by atoms with E-state index in [0.29, 0.717) is 36.5 Å². The molecule has 1 aliphatic rings. The van der Waals surface area contributed by atoms with Crippen molar-refractivity contribution in [2.45, 2.75) is 58.7 Å². The molecular weight excluding hydrogens is 407 g/mol. The van der Waals surface area contributed by atoms with Gasteiger partial charge in [-0.15, -0.1) is 0 Å². The number of aromatic nitrogens is 1. The molecule has 0 bridgehead atoms. The van der Waals surface area contributed by atoms with Crippen molar-refractivity contribution in [2.75, 3.05) is 12.0 Å². The number of nitrogen functional groups attached to an aromatic ring is 1. The maximum absolute atomic E-state index is 12.8. The van der Waals surface area contributed by atoms with Gasteiger partial charge in [-0.2, -0.15) is 0 Å². The van der Waals surface area contributed by atoms with Crippen LogP contribution in [0.4, 0.5) is 5.69 Å². The molecule has 0 unspecified atom stereocenters. The molecule has 0 radical (unpaired) electrons. The Bertz CT molecular complexity index is 880. The van der Waals surface area contributed by atoms with Crippen LogP contribution in [0.3, 0.4) is 0 Å². The van der Waals surface area contributed by atoms with Gasteiger partial charge < -0.3 is 9.99 Å². The highest BCUT2D eigenvalue weighted by Crippen LogP contribution is 2.28. The summed E-state index contributed by atoms with van der Waals surface area (Å²) in [5, 5.41) is 0.731. The molecule has 1 atom stereocenters. The second kappa shape index (κ2) is 9.98. The van der Waals surface area contributed by atoms with Gasteiger partial charge in [0.05, 0.1) is 10.7 Å². The van der Waals surface area contributed by atoms with Gasteiger partial charge in [0.1, 0.15) is 5.02 Å². The summed E-state index contributed by atoms with van der Waals surface area (Å²) in [6.45, 7) is 6.77. The number of likely N-dealkylation sites (tertiary alicyclic amines) is 1. The molecule has 0 saturated carbocycles. The minimum Gasteiger partial charge on any atom is -0.324 e. The van der Waals surface area contributed by atoms with Crippen LogP contribution in [0.1, 0.15) is 44.4 Å². The number of nitrogens with zero attached hydrogens (tertiary/aromatic N) is 2. The van der Waals surface area contributed by atoms with Crippen LogP contribution < -0.4 is 16.8 Å². The molecule has 3 rings (SSSR count). The first-order valence-electron chi connectivity index (χ1n) is 10.3. The quantitative estimate of drug-likeness (QED) is 0.465. The number of halogens is 2. The van der Waals surface area contributed by atoms with E-state index in [0.717, 1.165) is 29.9 Å². The lowest BCUT2D eigenvalue weighted by Crippen LogP contribution is -2.34. The van der Waals surface area contributed by atoms with Gasteiger partial charge in [-0.05, 0) is 61.9 Å². The third-order valence-electron chi connectivity index (χ3n) is 5.64. The Kier molecular flexibility index (Phi) is 7.63. The topological polar surface area (TPSA) is 63.3 Å². The minimum absolute atomic E-state index is 0.168. The van der Waals surface area contributed by atoms with Crippen molar-refractivity contribution in [3.05, 3.63) is 62.0 Å². The van der Waals surface area contributed by atoms with E-state index in [-0.39, 0.29) is 10.6 Å². The van der Waals surface area contributed by atoms with Crippen molar-refractivity contribution < 1.29 is 0 Å². The zero-order valence-corrected chi connectivity index (χ0v) is 18.6. The first-order chi connectivity index (χ1) is 13.9. The van der Waals surface area contributed by atoms with Crippen molar-refractivity contribution in [3.8, 4) is 0 Å². The Hall–Kier alpha value is -1.53. The normalized spacial score (nSPS) is 17.2. The molecule has 1 aliphatic heterocycles. The maximum Gasteiger partial charge on any atom is 0.269 e. The van der Waals surface area contributed by atoms with Crippen LogP contribution in [0.25, 0.3) is 0 Å². The van der Waals surface area contributed by atoms with Crippen LogP contribution in [0, 0.1) is 5.92 Å². The summed E-state index contributed by atoms with van der Waals surface area (Å²) in [4.78, 5) is 15.3. The molecule has 7 heteroatoms. The highest BCUT2D eigenvalue weighted by molar-refractivity contribution is 6.34. The first-order valence-corrected chi connectivity index (χ1v) is 11.0. The third-order valence-corrected chi connectivity index (χ3v) is 6.24. The van der Waals surface area contributed by atoms with Crippen LogP contribution in [0.15, 0.2) is 35.1 Å². The summed E-state index contributed by atoms with van der Waals surface area (Å²) in [5.41, 5.74) is 5.28. The molecule has 1 aromatic heterocycles. The molecule has 3 N–H and O–H groups in total. The number of benzene rings is 1. The number of hydrogen-bond donors (Lipinski definition) is 2. The fourth-order valence-electron chi connectivity index (χ4n) is 4.15. The van der Waals surface area contributed by atoms with Crippen LogP contribution in [-0.4, -0.2) is 22.1 Å². The van der Waals surface area contributed by atoms with E-state index >= 15 is 0 Å². The Labute approximate surface area is 182 Å². The summed E-state index contributed by atoms with van der Waals surface area (Å²) in [7, 11) is 0. The van der Waals surface area contributed by atoms with E-state index in [4.69, 9.17) is 29.0 Å². The largest absolute Gasteiger partial charge is 0.324 e. The number of nitrogens with one attached hydrogen (secondary N) is 1. The Balaban J connectivity index is 1.83. The number of nitrogens with two attached hydrogens (primary N) is 1. The number of hydrazine groups is 1. The predicted octanol–water partition coefficient (Wildman–Crippen LogP) is 4.69. The number of rotatable bonds is 8. The van der Waals surface area contributed by atoms with Gasteiger partial charge in [0.15, 0.2) is 0 Å². The zero-order valence-electron chi connectivity index (χ0n) is 17.1. The molecule has 1 saturated heterocycles. The van der Waals surface area contributed by atoms with E-state index in [9.17, 15) is 4.79 Å². The average molecular weight is 437 g/mol. The number of anilines is 1. The fourth-order valence-corrected chi connectivity index (χ4v) is 4.69. The van der Waals surface area contributed by atoms with Gasteiger partial charge in [0, 0.05) is 24.8 Å². The smallest absolute Gasteiger partial charge is 0.269 e.